The van der Waals surface area contributed by atoms with Crippen molar-refractivity contribution in [1.29, 1.82) is 0 Å². The van der Waals surface area contributed by atoms with Gasteiger partial charge in [0.05, 0.1) is 60.0 Å². The molecule has 4 fully saturated rings. The second-order valence-corrected chi connectivity index (χ2v) is 23.1. The van der Waals surface area contributed by atoms with E-state index in [1.807, 2.05) is 7.05 Å². The van der Waals surface area contributed by atoms with E-state index < -0.39 is 0 Å². The summed E-state index contributed by atoms with van der Waals surface area (Å²) in [5.41, 5.74) is 5.51. The summed E-state index contributed by atoms with van der Waals surface area (Å²) in [5, 5.41) is 12.5. The number of likely N-dealkylation sites (tertiary alicyclic amines) is 1. The van der Waals surface area contributed by atoms with Crippen molar-refractivity contribution in [2.45, 2.75) is 164 Å². The maximum atomic E-state index is 12.5. The summed E-state index contributed by atoms with van der Waals surface area (Å²) in [6, 6.07) is 17.8. The maximum Gasteiger partial charge on any atom is 0.244 e. The van der Waals surface area contributed by atoms with Gasteiger partial charge in [-0.1, -0.05) is 104 Å². The zero-order valence-corrected chi connectivity index (χ0v) is 44.8. The lowest BCUT2D eigenvalue weighted by Crippen LogP contribution is -2.53. The van der Waals surface area contributed by atoms with E-state index in [1.165, 1.54) is 117 Å². The number of piperidine rings is 1. The first-order chi connectivity index (χ1) is 32.0. The summed E-state index contributed by atoms with van der Waals surface area (Å²) in [5.74, 6) is 6.57. The predicted molar refractivity (Wildman–Crippen MR) is 279 cm³/mol. The number of rotatable bonds is 13. The van der Waals surface area contributed by atoms with Gasteiger partial charge in [-0.2, -0.15) is 0 Å². The Hall–Kier alpha value is -3.30. The number of aromatic nitrogens is 4. The second-order valence-electron chi connectivity index (χ2n) is 23.1. The monoisotopic (exact) mass is 924 g/mol. The van der Waals surface area contributed by atoms with Crippen LogP contribution in [-0.2, 0) is 31.4 Å². The van der Waals surface area contributed by atoms with Gasteiger partial charge in [-0.15, -0.1) is 0 Å². The lowest BCUT2D eigenvalue weighted by atomic mass is 9.76. The van der Waals surface area contributed by atoms with Gasteiger partial charge in [-0.3, -0.25) is 0 Å². The highest BCUT2D eigenvalue weighted by Crippen LogP contribution is 2.36. The topological polar surface area (TPSA) is 49.9 Å². The maximum absolute atomic E-state index is 12.5. The van der Waals surface area contributed by atoms with Gasteiger partial charge in [0, 0.05) is 11.8 Å². The summed E-state index contributed by atoms with van der Waals surface area (Å²) in [6.45, 7) is 31.3. The minimum atomic E-state index is 0.0109. The Morgan fingerprint density at radius 3 is 1.55 bits per heavy atom. The molecule has 4 aromatic rings. The van der Waals surface area contributed by atoms with E-state index in [2.05, 4.69) is 174 Å². The Morgan fingerprint density at radius 2 is 1.10 bits per heavy atom. The molecule has 2 aromatic carbocycles. The molecule has 8 heteroatoms. The minimum absolute atomic E-state index is 0.0109. The van der Waals surface area contributed by atoms with E-state index in [9.17, 15) is 5.21 Å². The van der Waals surface area contributed by atoms with Crippen molar-refractivity contribution in [3.8, 4) is 0 Å². The Bertz CT molecular complexity index is 1870. The molecule has 374 valence electrons. The van der Waals surface area contributed by atoms with Gasteiger partial charge in [0.15, 0.2) is 0 Å². The standard InChI is InChI=1S/C16H32N.C15H21N2.C14H19N2.C14H27NO2/c1-14(2)16-9-7-15(8-10-16)13-17(3)11-5-4-6-12-17;1-4-16-9-10-17(12-16)11-14-5-7-15(8-6-14)13(2)3;1-12(2)14-6-4-13(5-7-14)10-16-9-8-15(3)11-16;1-12(2)14-5-3-13(4-6-14)11-15(16)7-9-17-10-8-15/h14-16H,4-13H2,1-3H3;5-10,12-13H,4,11H2,1-3H3;4-9,11-12H,10H2,1-3H3;12-14H,3-11H2,1-2H3/q3*+1;. The van der Waals surface area contributed by atoms with Gasteiger partial charge in [0.25, 0.3) is 0 Å². The molecule has 2 saturated carbocycles. The van der Waals surface area contributed by atoms with Crippen molar-refractivity contribution in [2.24, 2.45) is 42.6 Å². The van der Waals surface area contributed by atoms with Crippen LogP contribution in [-0.4, -0.2) is 77.8 Å². The van der Waals surface area contributed by atoms with Crippen molar-refractivity contribution in [3.05, 3.63) is 113 Å². The molecule has 0 atom stereocenters. The van der Waals surface area contributed by atoms with Crippen LogP contribution >= 0.6 is 0 Å². The molecule has 0 N–H and O–H groups in total. The molecule has 0 radical (unpaired) electrons. The molecule has 0 spiro atoms. The molecule has 4 aliphatic rings. The van der Waals surface area contributed by atoms with E-state index >= 15 is 0 Å². The summed E-state index contributed by atoms with van der Waals surface area (Å²) >= 11 is 0. The molecule has 4 heterocycles. The number of benzene rings is 2. The van der Waals surface area contributed by atoms with Crippen molar-refractivity contribution >= 4 is 0 Å². The first-order valence-corrected chi connectivity index (χ1v) is 27.2. The van der Waals surface area contributed by atoms with Crippen LogP contribution in [0.4, 0.5) is 0 Å². The number of morpholine rings is 1. The summed E-state index contributed by atoms with van der Waals surface area (Å²) in [6.07, 6.45) is 28.3. The summed E-state index contributed by atoms with van der Waals surface area (Å²) in [4.78, 5) is 0. The first-order valence-electron chi connectivity index (χ1n) is 27.2. The minimum Gasteiger partial charge on any atom is -0.633 e. The number of ether oxygens (including phenoxy) is 1. The SMILES string of the molecule is CC(C)C1CCC(C[N+]2(C)CCCCC2)CC1.CC(C)C1CCC(C[N+]2([O-])CCOCC2)CC1.CC(C)c1ccc(Cn2cc[n+](C)c2)cc1.CCn1cc[n+](Cc2ccc(C(C)C)cc2)c1. The Morgan fingerprint density at radius 1 is 0.612 bits per heavy atom. The van der Waals surface area contributed by atoms with Gasteiger partial charge in [-0.25, -0.2) is 18.3 Å². The van der Waals surface area contributed by atoms with Crippen molar-refractivity contribution < 1.29 is 23.0 Å². The van der Waals surface area contributed by atoms with Gasteiger partial charge >= 0.3 is 0 Å². The Kier molecular flexibility index (Phi) is 22.2. The van der Waals surface area contributed by atoms with Crippen molar-refractivity contribution in [3.63, 3.8) is 0 Å². The third kappa shape index (κ3) is 18.9. The van der Waals surface area contributed by atoms with Crippen LogP contribution in [0.3, 0.4) is 0 Å². The third-order valence-corrected chi connectivity index (χ3v) is 16.1. The lowest BCUT2D eigenvalue weighted by molar-refractivity contribution is -0.917. The highest BCUT2D eigenvalue weighted by Gasteiger charge is 2.32. The van der Waals surface area contributed by atoms with E-state index in [0.29, 0.717) is 44.1 Å². The van der Waals surface area contributed by atoms with Gasteiger partial charge in [-0.05, 0) is 135 Å². The Labute approximate surface area is 410 Å². The number of imidazole rings is 2. The molecule has 8 nitrogen and oxygen atoms in total. The van der Waals surface area contributed by atoms with Crippen LogP contribution < -0.4 is 9.13 Å². The number of aryl methyl sites for hydroxylation is 2. The molecule has 67 heavy (non-hydrogen) atoms. The van der Waals surface area contributed by atoms with Gasteiger partial charge in [0.1, 0.15) is 51.0 Å². The largest absolute Gasteiger partial charge is 0.633 e. The number of hydrogen-bond donors (Lipinski definition) is 0. The average Bonchev–Trinajstić information content (AvgIpc) is 3.95. The van der Waals surface area contributed by atoms with Gasteiger partial charge in [0.2, 0.25) is 12.7 Å². The molecule has 2 aromatic heterocycles. The van der Waals surface area contributed by atoms with Crippen LogP contribution in [0.5, 0.6) is 0 Å². The normalized spacial score (nSPS) is 22.6. The zero-order chi connectivity index (χ0) is 48.4. The van der Waals surface area contributed by atoms with E-state index in [0.717, 1.165) is 55.8 Å². The van der Waals surface area contributed by atoms with Crippen LogP contribution in [0.15, 0.2) is 86.0 Å². The highest BCUT2D eigenvalue weighted by atomic mass is 16.6. The number of hydroxylamine groups is 3. The number of hydrogen-bond acceptors (Lipinski definition) is 2. The fourth-order valence-corrected chi connectivity index (χ4v) is 11.2. The van der Waals surface area contributed by atoms with E-state index in [-0.39, 0.29) is 4.65 Å². The second kappa shape index (κ2) is 27.2. The fourth-order valence-electron chi connectivity index (χ4n) is 11.2. The molecule has 2 aliphatic carbocycles. The van der Waals surface area contributed by atoms with E-state index in [4.69, 9.17) is 4.74 Å². The van der Waals surface area contributed by atoms with Crippen molar-refractivity contribution in [1.82, 2.24) is 9.13 Å². The molecule has 0 amide bonds. The third-order valence-electron chi connectivity index (χ3n) is 16.1. The summed E-state index contributed by atoms with van der Waals surface area (Å²) < 4.78 is 15.3. The van der Waals surface area contributed by atoms with Crippen LogP contribution in [0.2, 0.25) is 0 Å². The zero-order valence-electron chi connectivity index (χ0n) is 44.8. The smallest absolute Gasteiger partial charge is 0.244 e. The van der Waals surface area contributed by atoms with Crippen LogP contribution in [0.25, 0.3) is 0 Å². The number of quaternary nitrogens is 2. The lowest BCUT2D eigenvalue weighted by Gasteiger charge is -2.48. The van der Waals surface area contributed by atoms with E-state index in [1.54, 1.807) is 0 Å². The molecular formula is C59H99N6O2+3. The predicted octanol–water partition coefficient (Wildman–Crippen LogP) is 12.3. The summed E-state index contributed by atoms with van der Waals surface area (Å²) in [7, 11) is 4.55. The molecule has 2 saturated heterocycles. The molecule has 0 unspecified atom stereocenters. The fraction of sp³-hybridized carbons (Fsp3) is 0.695. The number of nitrogens with zero attached hydrogens (tertiary/aromatic N) is 6. The molecule has 2 aliphatic heterocycles. The van der Waals surface area contributed by atoms with Crippen LogP contribution in [0.1, 0.15) is 167 Å². The molecule has 0 bridgehead atoms. The Balaban J connectivity index is 0.000000167. The highest BCUT2D eigenvalue weighted by molar-refractivity contribution is 5.25. The van der Waals surface area contributed by atoms with Gasteiger partial charge < -0.3 is 19.1 Å². The molecular weight excluding hydrogens is 825 g/mol. The van der Waals surface area contributed by atoms with Crippen molar-refractivity contribution in [2.75, 3.05) is 59.5 Å². The first kappa shape index (κ1) is 54.6. The van der Waals surface area contributed by atoms with Crippen LogP contribution in [0, 0.1) is 40.7 Å². The molecule has 8 rings (SSSR count). The quantitative estimate of drug-likeness (QED) is 0.0762. The average molecular weight is 924 g/mol.